The third-order valence-electron chi connectivity index (χ3n) is 3.60. The number of nitrogens with zero attached hydrogens (tertiary/aromatic N) is 2. The molecule has 0 atom stereocenters. The zero-order valence-corrected chi connectivity index (χ0v) is 15.4. The molecule has 0 spiro atoms. The summed E-state index contributed by atoms with van der Waals surface area (Å²) >= 11 is 2.34. The minimum Gasteiger partial charge on any atom is -0.372 e. The van der Waals surface area contributed by atoms with Crippen LogP contribution >= 0.6 is 22.6 Å². The molecule has 21 heavy (non-hydrogen) atoms. The lowest BCUT2D eigenvalue weighted by molar-refractivity contribution is 0.632. The lowest BCUT2D eigenvalue weighted by Gasteiger charge is -2.14. The van der Waals surface area contributed by atoms with Crippen molar-refractivity contribution in [1.82, 2.24) is 9.97 Å². The summed E-state index contributed by atoms with van der Waals surface area (Å²) in [5.41, 5.74) is 4.76. The number of rotatable bonds is 4. The van der Waals surface area contributed by atoms with Crippen LogP contribution in [0.4, 0.5) is 5.82 Å². The van der Waals surface area contributed by atoms with Crippen LogP contribution in [0.2, 0.25) is 0 Å². The predicted molar refractivity (Wildman–Crippen MR) is 97.7 cm³/mol. The van der Waals surface area contributed by atoms with E-state index in [1.807, 2.05) is 7.05 Å². The van der Waals surface area contributed by atoms with E-state index in [1.165, 1.54) is 11.1 Å². The molecule has 0 bridgehead atoms. The number of halogens is 1. The summed E-state index contributed by atoms with van der Waals surface area (Å²) in [6.07, 6.45) is 0.966. The molecule has 0 amide bonds. The van der Waals surface area contributed by atoms with E-state index in [2.05, 4.69) is 73.8 Å². The maximum Gasteiger partial charge on any atom is 0.162 e. The lowest BCUT2D eigenvalue weighted by atomic mass is 10.0. The highest BCUT2D eigenvalue weighted by Crippen LogP contribution is 2.28. The first kappa shape index (κ1) is 16.2. The maximum absolute atomic E-state index is 4.83. The predicted octanol–water partition coefficient (Wildman–Crippen LogP) is 4.61. The summed E-state index contributed by atoms with van der Waals surface area (Å²) in [7, 11) is 1.91. The SMILES string of the molecule is CNc1nc(-c2cccc(C)c2C)nc(CC(C)C)c1I. The number of benzene rings is 1. The summed E-state index contributed by atoms with van der Waals surface area (Å²) < 4.78 is 1.12. The molecular weight excluding hydrogens is 373 g/mol. The highest BCUT2D eigenvalue weighted by molar-refractivity contribution is 14.1. The van der Waals surface area contributed by atoms with E-state index < -0.39 is 0 Å². The van der Waals surface area contributed by atoms with E-state index in [9.17, 15) is 0 Å². The highest BCUT2D eigenvalue weighted by atomic mass is 127. The molecule has 1 aromatic heterocycles. The fourth-order valence-corrected chi connectivity index (χ4v) is 3.03. The van der Waals surface area contributed by atoms with Gasteiger partial charge in [-0.25, -0.2) is 9.97 Å². The van der Waals surface area contributed by atoms with Crippen molar-refractivity contribution >= 4 is 28.4 Å². The van der Waals surface area contributed by atoms with Gasteiger partial charge in [0.05, 0.1) is 9.26 Å². The molecule has 0 aliphatic rings. The monoisotopic (exact) mass is 395 g/mol. The van der Waals surface area contributed by atoms with Gasteiger partial charge in [-0.15, -0.1) is 0 Å². The second kappa shape index (κ2) is 6.73. The maximum atomic E-state index is 4.83. The second-order valence-electron chi connectivity index (χ2n) is 5.75. The minimum absolute atomic E-state index is 0.574. The van der Waals surface area contributed by atoms with Crippen molar-refractivity contribution in [3.63, 3.8) is 0 Å². The molecule has 2 rings (SSSR count). The van der Waals surface area contributed by atoms with Gasteiger partial charge in [0.1, 0.15) is 5.82 Å². The number of aryl methyl sites for hydroxylation is 1. The Morgan fingerprint density at radius 1 is 1.19 bits per heavy atom. The van der Waals surface area contributed by atoms with Crippen LogP contribution in [0.15, 0.2) is 18.2 Å². The molecule has 1 heterocycles. The third-order valence-corrected chi connectivity index (χ3v) is 4.74. The van der Waals surface area contributed by atoms with Gasteiger partial charge in [0, 0.05) is 12.6 Å². The molecule has 3 nitrogen and oxygen atoms in total. The Labute approximate surface area is 140 Å². The molecule has 0 radical (unpaired) electrons. The Bertz CT molecular complexity index is 651. The summed E-state index contributed by atoms with van der Waals surface area (Å²) in [5, 5.41) is 3.19. The summed E-state index contributed by atoms with van der Waals surface area (Å²) in [5.74, 6) is 2.30. The molecule has 2 aromatic rings. The average Bonchev–Trinajstić information content (AvgIpc) is 2.43. The number of hydrogen-bond acceptors (Lipinski definition) is 3. The number of aromatic nitrogens is 2. The Balaban J connectivity index is 2.61. The van der Waals surface area contributed by atoms with E-state index in [4.69, 9.17) is 9.97 Å². The quantitative estimate of drug-likeness (QED) is 0.769. The van der Waals surface area contributed by atoms with Crippen molar-refractivity contribution in [2.45, 2.75) is 34.1 Å². The van der Waals surface area contributed by atoms with Gasteiger partial charge in [-0.3, -0.25) is 0 Å². The van der Waals surface area contributed by atoms with Crippen molar-refractivity contribution < 1.29 is 0 Å². The van der Waals surface area contributed by atoms with E-state index in [0.29, 0.717) is 5.92 Å². The van der Waals surface area contributed by atoms with Gasteiger partial charge in [0.2, 0.25) is 0 Å². The summed E-state index contributed by atoms with van der Waals surface area (Å²) in [4.78, 5) is 9.54. The van der Waals surface area contributed by atoms with Crippen LogP contribution in [0, 0.1) is 23.3 Å². The number of nitrogens with one attached hydrogen (secondary N) is 1. The summed E-state index contributed by atoms with van der Waals surface area (Å²) in [6, 6.07) is 6.29. The van der Waals surface area contributed by atoms with Gasteiger partial charge in [0.25, 0.3) is 0 Å². The molecule has 0 saturated carbocycles. The molecular formula is C17H22IN3. The van der Waals surface area contributed by atoms with Crippen LogP contribution in [0.5, 0.6) is 0 Å². The first-order valence-electron chi connectivity index (χ1n) is 7.24. The molecule has 0 aliphatic heterocycles. The Kier molecular flexibility index (Phi) is 5.19. The van der Waals surface area contributed by atoms with Crippen molar-refractivity contribution in [3.8, 4) is 11.4 Å². The van der Waals surface area contributed by atoms with Crippen LogP contribution in [0.1, 0.15) is 30.7 Å². The molecule has 1 N–H and O–H groups in total. The van der Waals surface area contributed by atoms with Crippen LogP contribution in [0.3, 0.4) is 0 Å². The summed E-state index contributed by atoms with van der Waals surface area (Å²) in [6.45, 7) is 8.69. The molecule has 0 aliphatic carbocycles. The van der Waals surface area contributed by atoms with Gasteiger partial charge in [-0.05, 0) is 59.9 Å². The fourth-order valence-electron chi connectivity index (χ4n) is 2.29. The van der Waals surface area contributed by atoms with Crippen molar-refractivity contribution in [1.29, 1.82) is 0 Å². The zero-order chi connectivity index (χ0) is 15.6. The standard InChI is InChI=1S/C17H22IN3/c1-10(2)9-14-15(18)17(19-5)21-16(20-14)13-8-6-7-11(3)12(13)4/h6-8,10H,9H2,1-5H3,(H,19,20,21). The van der Waals surface area contributed by atoms with E-state index >= 15 is 0 Å². The van der Waals surface area contributed by atoms with Gasteiger partial charge in [0.15, 0.2) is 5.82 Å². The Morgan fingerprint density at radius 2 is 1.90 bits per heavy atom. The van der Waals surface area contributed by atoms with Crippen LogP contribution < -0.4 is 5.32 Å². The van der Waals surface area contributed by atoms with Crippen LogP contribution in [-0.2, 0) is 6.42 Å². The second-order valence-corrected chi connectivity index (χ2v) is 6.83. The van der Waals surface area contributed by atoms with Crippen LogP contribution in [0.25, 0.3) is 11.4 Å². The van der Waals surface area contributed by atoms with E-state index in [0.717, 1.165) is 32.9 Å². The van der Waals surface area contributed by atoms with Crippen molar-refractivity contribution in [3.05, 3.63) is 38.6 Å². The third kappa shape index (κ3) is 3.54. The lowest BCUT2D eigenvalue weighted by Crippen LogP contribution is -2.08. The number of anilines is 1. The topological polar surface area (TPSA) is 37.8 Å². The first-order chi connectivity index (χ1) is 9.93. The van der Waals surface area contributed by atoms with Gasteiger partial charge >= 0.3 is 0 Å². The minimum atomic E-state index is 0.574. The Hall–Kier alpha value is -1.17. The molecule has 4 heteroatoms. The molecule has 0 saturated heterocycles. The normalized spacial score (nSPS) is 11.0. The largest absolute Gasteiger partial charge is 0.372 e. The van der Waals surface area contributed by atoms with E-state index in [1.54, 1.807) is 0 Å². The van der Waals surface area contributed by atoms with Gasteiger partial charge < -0.3 is 5.32 Å². The molecule has 0 unspecified atom stereocenters. The zero-order valence-electron chi connectivity index (χ0n) is 13.3. The van der Waals surface area contributed by atoms with Crippen LogP contribution in [-0.4, -0.2) is 17.0 Å². The Morgan fingerprint density at radius 3 is 2.52 bits per heavy atom. The smallest absolute Gasteiger partial charge is 0.162 e. The average molecular weight is 395 g/mol. The van der Waals surface area contributed by atoms with Gasteiger partial charge in [-0.2, -0.15) is 0 Å². The van der Waals surface area contributed by atoms with E-state index in [-0.39, 0.29) is 0 Å². The molecule has 0 fully saturated rings. The van der Waals surface area contributed by atoms with Gasteiger partial charge in [-0.1, -0.05) is 32.0 Å². The highest BCUT2D eigenvalue weighted by Gasteiger charge is 2.15. The molecule has 112 valence electrons. The fraction of sp³-hybridized carbons (Fsp3) is 0.412. The van der Waals surface area contributed by atoms with Crippen molar-refractivity contribution in [2.24, 2.45) is 5.92 Å². The first-order valence-corrected chi connectivity index (χ1v) is 8.32. The molecule has 1 aromatic carbocycles. The van der Waals surface area contributed by atoms with Crippen molar-refractivity contribution in [2.75, 3.05) is 12.4 Å². The number of hydrogen-bond donors (Lipinski definition) is 1.